The van der Waals surface area contributed by atoms with E-state index in [1.54, 1.807) is 0 Å². The van der Waals surface area contributed by atoms with Crippen LogP contribution in [0.15, 0.2) is 42.5 Å². The Balaban J connectivity index is 1.98. The summed E-state index contributed by atoms with van der Waals surface area (Å²) in [5.74, 6) is -1.13. The summed E-state index contributed by atoms with van der Waals surface area (Å²) >= 11 is 0. The summed E-state index contributed by atoms with van der Waals surface area (Å²) in [5.41, 5.74) is 5.32. The van der Waals surface area contributed by atoms with Crippen LogP contribution in [0, 0.1) is 11.6 Å². The third kappa shape index (κ3) is 2.64. The minimum absolute atomic E-state index is 0.137. The highest BCUT2D eigenvalue weighted by Gasteiger charge is 2.17. The maximum absolute atomic E-state index is 13.2. The van der Waals surface area contributed by atoms with Gasteiger partial charge in [0.25, 0.3) is 0 Å². The van der Waals surface area contributed by atoms with Crippen LogP contribution in [0.5, 0.6) is 0 Å². The largest absolute Gasteiger partial charge is 0.301 e. The first kappa shape index (κ1) is 12.3. The molecule has 1 fully saturated rings. The van der Waals surface area contributed by atoms with E-state index in [4.69, 9.17) is 4.84 Å². The molecular formula is C15H13F2NO. The average molecular weight is 261 g/mol. The van der Waals surface area contributed by atoms with E-state index in [-0.39, 0.29) is 6.04 Å². The molecule has 0 spiro atoms. The summed E-state index contributed by atoms with van der Waals surface area (Å²) in [6, 6.07) is 11.3. The van der Waals surface area contributed by atoms with Crippen molar-refractivity contribution in [1.82, 2.24) is 5.48 Å². The van der Waals surface area contributed by atoms with Gasteiger partial charge in [-0.2, -0.15) is 5.48 Å². The summed E-state index contributed by atoms with van der Waals surface area (Å²) in [5, 5.41) is 0. The van der Waals surface area contributed by atoms with E-state index in [1.807, 2.05) is 24.3 Å². The van der Waals surface area contributed by atoms with Gasteiger partial charge in [0.05, 0.1) is 12.6 Å². The van der Waals surface area contributed by atoms with Gasteiger partial charge in [-0.1, -0.05) is 18.2 Å². The van der Waals surface area contributed by atoms with Gasteiger partial charge in [-0.05, 0) is 41.3 Å². The highest BCUT2D eigenvalue weighted by atomic mass is 19.1. The van der Waals surface area contributed by atoms with Crippen molar-refractivity contribution < 1.29 is 13.6 Å². The van der Waals surface area contributed by atoms with Gasteiger partial charge < -0.3 is 4.84 Å². The summed E-state index contributed by atoms with van der Waals surface area (Å²) < 4.78 is 26.5. The Bertz CT molecular complexity index is 574. The maximum Gasteiger partial charge on any atom is 0.126 e. The molecule has 1 aliphatic heterocycles. The van der Waals surface area contributed by atoms with Gasteiger partial charge in [0.15, 0.2) is 0 Å². The molecule has 98 valence electrons. The third-order valence-electron chi connectivity index (χ3n) is 3.22. The van der Waals surface area contributed by atoms with Crippen LogP contribution in [-0.2, 0) is 4.84 Å². The van der Waals surface area contributed by atoms with E-state index in [1.165, 1.54) is 12.1 Å². The standard InChI is InChI=1S/C15H13F2NO/c16-13-7-12(8-14(17)9-13)10-2-1-3-11(6-10)15-4-5-19-18-15/h1-3,6-9,15,18H,4-5H2/t15-/m1/s1. The van der Waals surface area contributed by atoms with E-state index in [9.17, 15) is 8.78 Å². The number of hydroxylamine groups is 1. The van der Waals surface area contributed by atoms with E-state index in [0.29, 0.717) is 12.2 Å². The van der Waals surface area contributed by atoms with Crippen molar-refractivity contribution in [3.8, 4) is 11.1 Å². The lowest BCUT2D eigenvalue weighted by Gasteiger charge is -2.11. The molecule has 19 heavy (non-hydrogen) atoms. The van der Waals surface area contributed by atoms with E-state index in [2.05, 4.69) is 5.48 Å². The predicted octanol–water partition coefficient (Wildman–Crippen LogP) is 3.60. The van der Waals surface area contributed by atoms with Crippen LogP contribution in [0.25, 0.3) is 11.1 Å². The minimum Gasteiger partial charge on any atom is -0.301 e. The van der Waals surface area contributed by atoms with E-state index >= 15 is 0 Å². The van der Waals surface area contributed by atoms with Gasteiger partial charge in [0.2, 0.25) is 0 Å². The number of nitrogens with one attached hydrogen (secondary N) is 1. The third-order valence-corrected chi connectivity index (χ3v) is 3.22. The highest BCUT2D eigenvalue weighted by molar-refractivity contribution is 5.64. The smallest absolute Gasteiger partial charge is 0.126 e. The normalized spacial score (nSPS) is 18.7. The Kier molecular flexibility index (Phi) is 3.27. The molecule has 2 aromatic carbocycles. The van der Waals surface area contributed by atoms with Crippen LogP contribution in [-0.4, -0.2) is 6.61 Å². The molecule has 1 aliphatic rings. The molecule has 0 saturated carbocycles. The first-order valence-electron chi connectivity index (χ1n) is 6.16. The molecule has 0 amide bonds. The average Bonchev–Trinajstić information content (AvgIpc) is 2.92. The predicted molar refractivity (Wildman–Crippen MR) is 68.2 cm³/mol. The molecule has 1 saturated heterocycles. The zero-order chi connectivity index (χ0) is 13.2. The van der Waals surface area contributed by atoms with Gasteiger partial charge in [-0.25, -0.2) is 8.78 Å². The van der Waals surface area contributed by atoms with E-state index in [0.717, 1.165) is 23.6 Å². The monoisotopic (exact) mass is 261 g/mol. The molecule has 4 heteroatoms. The van der Waals surface area contributed by atoms with Crippen LogP contribution in [0.2, 0.25) is 0 Å². The van der Waals surface area contributed by atoms with Crippen molar-refractivity contribution >= 4 is 0 Å². The van der Waals surface area contributed by atoms with Crippen molar-refractivity contribution in [1.29, 1.82) is 0 Å². The van der Waals surface area contributed by atoms with Crippen molar-refractivity contribution in [2.75, 3.05) is 6.61 Å². The topological polar surface area (TPSA) is 21.3 Å². The summed E-state index contributed by atoms with van der Waals surface area (Å²) in [6.45, 7) is 0.670. The molecule has 2 nitrogen and oxygen atoms in total. The second-order valence-corrected chi connectivity index (χ2v) is 4.59. The first-order chi connectivity index (χ1) is 9.22. The van der Waals surface area contributed by atoms with Crippen molar-refractivity contribution in [3.63, 3.8) is 0 Å². The molecule has 0 aliphatic carbocycles. The molecule has 3 rings (SSSR count). The molecular weight excluding hydrogens is 248 g/mol. The zero-order valence-corrected chi connectivity index (χ0v) is 10.2. The fourth-order valence-electron chi connectivity index (χ4n) is 2.29. The first-order valence-corrected chi connectivity index (χ1v) is 6.16. The van der Waals surface area contributed by atoms with Crippen LogP contribution in [0.3, 0.4) is 0 Å². The molecule has 2 aromatic rings. The molecule has 0 aromatic heterocycles. The second kappa shape index (κ2) is 5.07. The van der Waals surface area contributed by atoms with Gasteiger partial charge in [0, 0.05) is 6.07 Å². The SMILES string of the molecule is Fc1cc(F)cc(-c2cccc([C@H]3CCON3)c2)c1. The van der Waals surface area contributed by atoms with Crippen molar-refractivity contribution in [3.05, 3.63) is 59.7 Å². The zero-order valence-electron chi connectivity index (χ0n) is 10.2. The Labute approximate surface area is 110 Å². The highest BCUT2D eigenvalue weighted by Crippen LogP contribution is 2.27. The minimum atomic E-state index is -0.567. The lowest BCUT2D eigenvalue weighted by molar-refractivity contribution is 0.0883. The molecule has 1 atom stereocenters. The van der Waals surface area contributed by atoms with Crippen molar-refractivity contribution in [2.24, 2.45) is 0 Å². The van der Waals surface area contributed by atoms with Crippen LogP contribution in [0.4, 0.5) is 8.78 Å². The van der Waals surface area contributed by atoms with Crippen molar-refractivity contribution in [2.45, 2.75) is 12.5 Å². The maximum atomic E-state index is 13.2. The quantitative estimate of drug-likeness (QED) is 0.891. The number of halogens is 2. The number of hydrogen-bond donors (Lipinski definition) is 1. The van der Waals surface area contributed by atoms with Gasteiger partial charge in [0.1, 0.15) is 11.6 Å². The Morgan fingerprint density at radius 2 is 1.79 bits per heavy atom. The molecule has 1 heterocycles. The molecule has 0 unspecified atom stereocenters. The van der Waals surface area contributed by atoms with E-state index < -0.39 is 11.6 Å². The Morgan fingerprint density at radius 3 is 2.47 bits per heavy atom. The Hall–Kier alpha value is -1.78. The molecule has 0 bridgehead atoms. The van der Waals surface area contributed by atoms with Crippen LogP contribution < -0.4 is 5.48 Å². The number of benzene rings is 2. The summed E-state index contributed by atoms with van der Waals surface area (Å²) in [7, 11) is 0. The number of hydrogen-bond acceptors (Lipinski definition) is 2. The van der Waals surface area contributed by atoms with Crippen LogP contribution >= 0.6 is 0 Å². The fraction of sp³-hybridized carbons (Fsp3) is 0.200. The van der Waals surface area contributed by atoms with Gasteiger partial charge >= 0.3 is 0 Å². The number of rotatable bonds is 2. The lowest BCUT2D eigenvalue weighted by atomic mass is 9.98. The fourth-order valence-corrected chi connectivity index (χ4v) is 2.29. The van der Waals surface area contributed by atoms with Gasteiger partial charge in [-0.3, -0.25) is 0 Å². The Morgan fingerprint density at radius 1 is 1.00 bits per heavy atom. The summed E-state index contributed by atoms with van der Waals surface area (Å²) in [6.07, 6.45) is 0.890. The molecule has 0 radical (unpaired) electrons. The van der Waals surface area contributed by atoms with Gasteiger partial charge in [-0.15, -0.1) is 0 Å². The van der Waals surface area contributed by atoms with Crippen LogP contribution in [0.1, 0.15) is 18.0 Å². The summed E-state index contributed by atoms with van der Waals surface area (Å²) in [4.78, 5) is 5.13. The second-order valence-electron chi connectivity index (χ2n) is 4.59. The molecule has 1 N–H and O–H groups in total. The lowest BCUT2D eigenvalue weighted by Crippen LogP contribution is -2.11.